The van der Waals surface area contributed by atoms with Crippen LogP contribution in [0.3, 0.4) is 0 Å². The van der Waals surface area contributed by atoms with Crippen LogP contribution in [0.2, 0.25) is 0 Å². The number of anilines is 1. The van der Waals surface area contributed by atoms with Crippen LogP contribution in [0.1, 0.15) is 6.92 Å². The molecule has 0 amide bonds. The first-order valence-corrected chi connectivity index (χ1v) is 7.94. The smallest absolute Gasteiger partial charge is 0.343 e. The Morgan fingerprint density at radius 2 is 2.10 bits per heavy atom. The number of nitrogen functional groups attached to an aromatic ring is 1. The van der Waals surface area contributed by atoms with Crippen molar-refractivity contribution in [1.29, 1.82) is 0 Å². The molecule has 0 saturated heterocycles. The van der Waals surface area contributed by atoms with Gasteiger partial charge in [-0.05, 0) is 36.9 Å². The van der Waals surface area contributed by atoms with Crippen molar-refractivity contribution in [3.05, 3.63) is 28.7 Å². The van der Waals surface area contributed by atoms with Crippen LogP contribution in [0.4, 0.5) is 5.69 Å². The Hall–Kier alpha value is -1.78. The molecule has 2 rings (SSSR count). The number of nitrogens with zero attached hydrogens (tertiary/aromatic N) is 2. The maximum Gasteiger partial charge on any atom is 0.343 e. The monoisotopic (exact) mass is 315 g/mol. The summed E-state index contributed by atoms with van der Waals surface area (Å²) in [6.07, 6.45) is 0. The highest BCUT2D eigenvalue weighted by molar-refractivity contribution is 7.99. The molecule has 5 N–H and O–H groups in total. The second kappa shape index (κ2) is 5.31. The predicted octanol–water partition coefficient (Wildman–Crippen LogP) is -0.0279. The number of benzene rings is 1. The molecule has 8 nitrogen and oxygen atoms in total. The minimum atomic E-state index is -3.84. The zero-order chi connectivity index (χ0) is 14.9. The van der Waals surface area contributed by atoms with Crippen LogP contribution in [0, 0.1) is 0 Å². The van der Waals surface area contributed by atoms with Gasteiger partial charge >= 0.3 is 5.69 Å². The normalized spacial score (nSPS) is 11.7. The molecule has 1 heterocycles. The van der Waals surface area contributed by atoms with Crippen LogP contribution in [0.25, 0.3) is 0 Å². The van der Waals surface area contributed by atoms with Gasteiger partial charge in [-0.25, -0.2) is 23.4 Å². The zero-order valence-corrected chi connectivity index (χ0v) is 12.2. The predicted molar refractivity (Wildman–Crippen MR) is 74.9 cm³/mol. The second-order valence-electron chi connectivity index (χ2n) is 3.94. The topological polar surface area (TPSA) is 137 Å². The zero-order valence-electron chi connectivity index (χ0n) is 10.5. The Balaban J connectivity index is 2.44. The third-order valence-electron chi connectivity index (χ3n) is 2.48. The fourth-order valence-corrected chi connectivity index (χ4v) is 3.25. The Morgan fingerprint density at radius 3 is 2.70 bits per heavy atom. The molecule has 1 aromatic carbocycles. The number of hydrogen-bond acceptors (Lipinski definition) is 6. The molecule has 0 unspecified atom stereocenters. The number of nitrogens with two attached hydrogens (primary N) is 2. The molecule has 0 bridgehead atoms. The van der Waals surface area contributed by atoms with Crippen molar-refractivity contribution in [2.45, 2.75) is 28.4 Å². The van der Waals surface area contributed by atoms with Crippen molar-refractivity contribution >= 4 is 27.5 Å². The first-order valence-electron chi connectivity index (χ1n) is 5.57. The third-order valence-corrected chi connectivity index (χ3v) is 4.34. The van der Waals surface area contributed by atoms with Crippen LogP contribution in [-0.4, -0.2) is 23.2 Å². The van der Waals surface area contributed by atoms with Gasteiger partial charge in [-0.2, -0.15) is 0 Å². The van der Waals surface area contributed by atoms with Crippen molar-refractivity contribution in [1.82, 2.24) is 14.8 Å². The van der Waals surface area contributed by atoms with Crippen molar-refractivity contribution in [3.63, 3.8) is 0 Å². The van der Waals surface area contributed by atoms with E-state index >= 15 is 0 Å². The lowest BCUT2D eigenvalue weighted by molar-refractivity contribution is 0.597. The van der Waals surface area contributed by atoms with E-state index in [0.717, 1.165) is 11.8 Å². The van der Waals surface area contributed by atoms with E-state index in [1.165, 1.54) is 16.7 Å². The molecule has 2 aromatic rings. The van der Waals surface area contributed by atoms with E-state index in [1.54, 1.807) is 13.0 Å². The number of primary sulfonamides is 1. The lowest BCUT2D eigenvalue weighted by Crippen LogP contribution is -2.16. The van der Waals surface area contributed by atoms with Gasteiger partial charge in [-0.3, -0.25) is 4.57 Å². The summed E-state index contributed by atoms with van der Waals surface area (Å²) in [5, 5.41) is 11.7. The maximum absolute atomic E-state index is 11.4. The minimum Gasteiger partial charge on any atom is -0.399 e. The van der Waals surface area contributed by atoms with Crippen LogP contribution in [0.15, 0.2) is 37.9 Å². The molecular formula is C10H13N5O3S2. The van der Waals surface area contributed by atoms with E-state index in [1.807, 2.05) is 0 Å². The van der Waals surface area contributed by atoms with Gasteiger partial charge in [0.05, 0.1) is 4.90 Å². The van der Waals surface area contributed by atoms with Crippen LogP contribution < -0.4 is 16.6 Å². The standard InChI is InChI=1S/C10H13N5O3S2/c1-2-15-9(16)13-14-10(15)19-7-3-6(11)4-8(5-7)20(12,17)18/h3-5H,2,11H2,1H3,(H,13,16)(H2,12,17,18). The highest BCUT2D eigenvalue weighted by Crippen LogP contribution is 2.29. The minimum absolute atomic E-state index is 0.0825. The third kappa shape index (κ3) is 3.03. The Bertz CT molecular complexity index is 793. The molecule has 0 aliphatic rings. The van der Waals surface area contributed by atoms with Crippen molar-refractivity contribution in [2.24, 2.45) is 5.14 Å². The average Bonchev–Trinajstić information content (AvgIpc) is 2.68. The summed E-state index contributed by atoms with van der Waals surface area (Å²) in [6, 6.07) is 4.24. The molecule has 20 heavy (non-hydrogen) atoms. The molecular weight excluding hydrogens is 302 g/mol. The van der Waals surface area contributed by atoms with Crippen molar-refractivity contribution in [3.8, 4) is 0 Å². The summed E-state index contributed by atoms with van der Waals surface area (Å²) in [5.41, 5.74) is 5.59. The summed E-state index contributed by atoms with van der Waals surface area (Å²) >= 11 is 1.12. The molecule has 1 aromatic heterocycles. The summed E-state index contributed by atoms with van der Waals surface area (Å²) in [6.45, 7) is 2.25. The van der Waals surface area contributed by atoms with E-state index in [-0.39, 0.29) is 16.3 Å². The van der Waals surface area contributed by atoms with Crippen molar-refractivity contribution < 1.29 is 8.42 Å². The summed E-state index contributed by atoms with van der Waals surface area (Å²) < 4.78 is 24.1. The van der Waals surface area contributed by atoms with Gasteiger partial charge in [-0.15, -0.1) is 5.10 Å². The maximum atomic E-state index is 11.4. The van der Waals surface area contributed by atoms with Crippen molar-refractivity contribution in [2.75, 3.05) is 5.73 Å². The van der Waals surface area contributed by atoms with Gasteiger partial charge in [0.25, 0.3) is 0 Å². The SMILES string of the molecule is CCn1c(Sc2cc(N)cc(S(N)(=O)=O)c2)n[nH]c1=O. The van der Waals surface area contributed by atoms with Gasteiger partial charge < -0.3 is 5.73 Å². The summed E-state index contributed by atoms with van der Waals surface area (Å²) in [5.74, 6) is 0. The van der Waals surface area contributed by atoms with Gasteiger partial charge in [0.1, 0.15) is 0 Å². The van der Waals surface area contributed by atoms with Crippen LogP contribution >= 0.6 is 11.8 Å². The molecule has 0 radical (unpaired) electrons. The van der Waals surface area contributed by atoms with Gasteiger partial charge in [0, 0.05) is 17.1 Å². The molecule has 0 aliphatic heterocycles. The quantitative estimate of drug-likeness (QED) is 0.678. The lowest BCUT2D eigenvalue weighted by atomic mass is 10.3. The van der Waals surface area contributed by atoms with Gasteiger partial charge in [0.2, 0.25) is 10.0 Å². The lowest BCUT2D eigenvalue weighted by Gasteiger charge is -2.06. The van der Waals surface area contributed by atoms with E-state index in [4.69, 9.17) is 10.9 Å². The summed E-state index contributed by atoms with van der Waals surface area (Å²) in [4.78, 5) is 11.9. The van der Waals surface area contributed by atoms with E-state index in [2.05, 4.69) is 10.2 Å². The van der Waals surface area contributed by atoms with E-state index in [0.29, 0.717) is 16.6 Å². The van der Waals surface area contributed by atoms with Crippen LogP contribution in [-0.2, 0) is 16.6 Å². The number of H-pyrrole nitrogens is 1. The Morgan fingerprint density at radius 1 is 1.40 bits per heavy atom. The molecule has 0 aliphatic carbocycles. The number of aromatic nitrogens is 3. The molecule has 0 saturated carbocycles. The van der Waals surface area contributed by atoms with Gasteiger partial charge in [-0.1, -0.05) is 0 Å². The van der Waals surface area contributed by atoms with E-state index in [9.17, 15) is 13.2 Å². The number of rotatable bonds is 4. The largest absolute Gasteiger partial charge is 0.399 e. The first-order chi connectivity index (χ1) is 9.31. The molecule has 0 fully saturated rings. The molecule has 108 valence electrons. The Labute approximate surface area is 119 Å². The highest BCUT2D eigenvalue weighted by Gasteiger charge is 2.13. The fraction of sp³-hybridized carbons (Fsp3) is 0.200. The first kappa shape index (κ1) is 14.6. The number of hydrogen-bond donors (Lipinski definition) is 3. The second-order valence-corrected chi connectivity index (χ2v) is 6.54. The highest BCUT2D eigenvalue weighted by atomic mass is 32.2. The van der Waals surface area contributed by atoms with Crippen LogP contribution in [0.5, 0.6) is 0 Å². The average molecular weight is 315 g/mol. The van der Waals surface area contributed by atoms with E-state index < -0.39 is 10.0 Å². The fourth-order valence-electron chi connectivity index (χ4n) is 1.58. The number of sulfonamides is 1. The number of aromatic amines is 1. The molecule has 0 spiro atoms. The molecule has 10 heteroatoms. The summed E-state index contributed by atoms with van der Waals surface area (Å²) in [7, 11) is -3.84. The number of nitrogens with one attached hydrogen (secondary N) is 1. The molecule has 0 atom stereocenters. The van der Waals surface area contributed by atoms with Gasteiger partial charge in [0.15, 0.2) is 5.16 Å². The Kier molecular flexibility index (Phi) is 3.88.